The van der Waals surface area contributed by atoms with Gasteiger partial charge in [0.15, 0.2) is 0 Å². The number of rotatable bonds is 6. The van der Waals surface area contributed by atoms with E-state index in [1.807, 2.05) is 32.0 Å². The first-order valence-electron chi connectivity index (χ1n) is 22.1. The van der Waals surface area contributed by atoms with Gasteiger partial charge in [0.2, 0.25) is 17.7 Å². The van der Waals surface area contributed by atoms with Gasteiger partial charge in [0.05, 0.1) is 23.4 Å². The Kier molecular flexibility index (Phi) is 10.8. The van der Waals surface area contributed by atoms with Crippen LogP contribution in [-0.4, -0.2) is 112 Å². The van der Waals surface area contributed by atoms with E-state index in [9.17, 15) is 24.0 Å². The number of aromatic nitrogens is 2. The molecular weight excluding hydrogens is 799 g/mol. The molecule has 14 heteroatoms. The first-order valence-corrected chi connectivity index (χ1v) is 22.1. The van der Waals surface area contributed by atoms with Crippen LogP contribution >= 0.6 is 0 Å². The Morgan fingerprint density at radius 2 is 1.83 bits per heavy atom. The summed E-state index contributed by atoms with van der Waals surface area (Å²) in [6, 6.07) is 15.9. The molecule has 3 fully saturated rings. The average Bonchev–Trinajstić information content (AvgIpc) is 3.76. The second-order valence-corrected chi connectivity index (χ2v) is 19.1. The fourth-order valence-corrected chi connectivity index (χ4v) is 11.0. The van der Waals surface area contributed by atoms with E-state index < -0.39 is 52.8 Å². The molecule has 9 rings (SSSR count). The second kappa shape index (κ2) is 16.0. The van der Waals surface area contributed by atoms with Crippen LogP contribution in [0.5, 0.6) is 0 Å². The van der Waals surface area contributed by atoms with Crippen LogP contribution in [0.15, 0.2) is 73.4 Å². The molecule has 1 aliphatic carbocycles. The summed E-state index contributed by atoms with van der Waals surface area (Å²) in [4.78, 5) is 77.7. The molecule has 0 radical (unpaired) electrons. The predicted octanol–water partition coefficient (Wildman–Crippen LogP) is 5.07. The lowest BCUT2D eigenvalue weighted by molar-refractivity contribution is -0.156. The van der Waals surface area contributed by atoms with Crippen molar-refractivity contribution in [3.63, 3.8) is 0 Å². The number of carbonyl (C=O) groups is 5. The van der Waals surface area contributed by atoms with Crippen LogP contribution in [0, 0.1) is 16.7 Å². The van der Waals surface area contributed by atoms with Crippen LogP contribution < -0.4 is 10.7 Å². The zero-order valence-corrected chi connectivity index (χ0v) is 37.0. The van der Waals surface area contributed by atoms with E-state index in [4.69, 9.17) is 14.5 Å². The number of hydrogen-bond acceptors (Lipinski definition) is 9. The summed E-state index contributed by atoms with van der Waals surface area (Å²) in [7, 11) is 3.78. The maximum Gasteiger partial charge on any atom is 0.324 e. The van der Waals surface area contributed by atoms with Gasteiger partial charge in [-0.15, -0.1) is 0 Å². The van der Waals surface area contributed by atoms with E-state index in [-0.39, 0.29) is 49.8 Å². The lowest BCUT2D eigenvalue weighted by Crippen LogP contribution is -2.64. The molecule has 4 aromatic rings. The topological polar surface area (TPSA) is 155 Å². The number of nitrogens with one attached hydrogen (secondary N) is 2. The Morgan fingerprint density at radius 3 is 2.57 bits per heavy atom. The normalized spacial score (nSPS) is 24.4. The summed E-state index contributed by atoms with van der Waals surface area (Å²) < 4.78 is 14.8. The highest BCUT2D eigenvalue weighted by Crippen LogP contribution is 2.57. The van der Waals surface area contributed by atoms with E-state index in [1.165, 1.54) is 11.1 Å². The SMILES string of the molecule is C=CC(=O)N1CC2(CCN([C@H](C(=O)NC3Cc4cccc(c4)-c4ccc5c(c4)c4c(n5C)-c5cccnc5[C@@H](OC)C4C(C)(C)COC(=O)[C@@H]4CCCN(N4)C3=O)C(C)C)C2=O)C1. The third kappa shape index (κ3) is 7.11. The molecule has 2 unspecified atom stereocenters. The molecule has 2 aromatic carbocycles. The molecule has 2 N–H and O–H groups in total. The Balaban J connectivity index is 1.10. The van der Waals surface area contributed by atoms with Crippen LogP contribution in [0.25, 0.3) is 33.3 Å². The number of pyridine rings is 1. The molecule has 3 saturated heterocycles. The lowest BCUT2D eigenvalue weighted by Gasteiger charge is -2.46. The summed E-state index contributed by atoms with van der Waals surface area (Å²) in [5.41, 5.74) is 9.60. The Morgan fingerprint density at radius 1 is 1.05 bits per heavy atom. The van der Waals surface area contributed by atoms with Gasteiger partial charge in [0.25, 0.3) is 5.91 Å². The van der Waals surface area contributed by atoms with Crippen LogP contribution in [0.4, 0.5) is 0 Å². The van der Waals surface area contributed by atoms with Crippen molar-refractivity contribution in [1.82, 2.24) is 35.1 Å². The molecule has 6 heterocycles. The number of likely N-dealkylation sites (tertiary alicyclic amines) is 2. The van der Waals surface area contributed by atoms with Gasteiger partial charge < -0.3 is 29.2 Å². The quantitative estimate of drug-likeness (QED) is 0.200. The van der Waals surface area contributed by atoms with Crippen molar-refractivity contribution in [2.24, 2.45) is 23.8 Å². The van der Waals surface area contributed by atoms with Gasteiger partial charge in [-0.25, -0.2) is 5.43 Å². The highest BCUT2D eigenvalue weighted by molar-refractivity contribution is 5.98. The number of esters is 1. The monoisotopic (exact) mass is 855 g/mol. The number of benzene rings is 2. The highest BCUT2D eigenvalue weighted by atomic mass is 16.5. The number of hydrazine groups is 1. The summed E-state index contributed by atoms with van der Waals surface area (Å²) in [5.74, 6) is -2.19. The Hall–Kier alpha value is -5.86. The number of methoxy groups -OCH3 is 1. The van der Waals surface area contributed by atoms with Crippen LogP contribution in [0.3, 0.4) is 0 Å². The smallest absolute Gasteiger partial charge is 0.324 e. The first kappa shape index (κ1) is 42.4. The van der Waals surface area contributed by atoms with Crippen molar-refractivity contribution < 1.29 is 33.4 Å². The molecule has 6 bridgehead atoms. The number of nitrogens with zero attached hydrogens (tertiary/aromatic N) is 5. The molecule has 14 nitrogen and oxygen atoms in total. The molecule has 4 amide bonds. The summed E-state index contributed by atoms with van der Waals surface area (Å²) in [6.45, 7) is 12.9. The summed E-state index contributed by atoms with van der Waals surface area (Å²) >= 11 is 0. The van der Waals surface area contributed by atoms with Crippen LogP contribution in [-0.2, 0) is 46.9 Å². The van der Waals surface area contributed by atoms with Gasteiger partial charge in [-0.3, -0.25) is 34.0 Å². The maximum atomic E-state index is 14.7. The summed E-state index contributed by atoms with van der Waals surface area (Å²) in [5, 5.41) is 5.59. The number of amides is 4. The Bertz CT molecular complexity index is 2540. The largest absolute Gasteiger partial charge is 0.464 e. The third-order valence-electron chi connectivity index (χ3n) is 14.2. The van der Waals surface area contributed by atoms with E-state index in [0.29, 0.717) is 32.4 Å². The fraction of sp³-hybridized carbons (Fsp3) is 0.469. The van der Waals surface area contributed by atoms with E-state index in [2.05, 4.69) is 79.2 Å². The molecule has 63 heavy (non-hydrogen) atoms. The molecule has 330 valence electrons. The van der Waals surface area contributed by atoms with Crippen molar-refractivity contribution >= 4 is 40.5 Å². The van der Waals surface area contributed by atoms with Crippen LogP contribution in [0.2, 0.25) is 0 Å². The number of hydrogen-bond donors (Lipinski definition) is 2. The van der Waals surface area contributed by atoms with Crippen molar-refractivity contribution in [1.29, 1.82) is 0 Å². The molecule has 5 atom stereocenters. The van der Waals surface area contributed by atoms with Crippen molar-refractivity contribution in [3.05, 3.63) is 90.3 Å². The van der Waals surface area contributed by atoms with Crippen LogP contribution in [0.1, 0.15) is 75.8 Å². The second-order valence-electron chi connectivity index (χ2n) is 19.1. The molecule has 0 saturated carbocycles. The van der Waals surface area contributed by atoms with E-state index in [0.717, 1.165) is 50.1 Å². The average molecular weight is 856 g/mol. The Labute approximate surface area is 367 Å². The van der Waals surface area contributed by atoms with Gasteiger partial charge in [0, 0.05) is 80.8 Å². The lowest BCUT2D eigenvalue weighted by atomic mass is 9.67. The van der Waals surface area contributed by atoms with Crippen molar-refractivity contribution in [3.8, 4) is 22.4 Å². The fourth-order valence-electron chi connectivity index (χ4n) is 11.0. The molecular formula is C49H57N7O7. The number of cyclic esters (lactones) is 1. The summed E-state index contributed by atoms with van der Waals surface area (Å²) in [6.07, 6.45) is 4.31. The minimum absolute atomic E-state index is 0.0800. The molecule has 2 aromatic heterocycles. The standard InChI is InChI=1S/C49H57N7O7/c1-8-37(57)54-25-49(26-54)18-21-55(47(49)61)41(28(2)3)44(58)51-35-23-29-12-9-13-30(22-29)31-16-17-36-33(24-31)38-39(43(62-7)40-32(14-10-19-50-40)42(38)53(36)6)48(4,5)27-63-46(60)34-15-11-20-56(52-34)45(35)59/h8-10,12-14,16-17,19,22,24,28,34-35,39,41,43,52H,1,11,15,18,20-21,23,25-27H2,2-7H3,(H,51,58)/t34-,35?,39?,41-,43-/m0/s1. The van der Waals surface area contributed by atoms with Gasteiger partial charge in [0.1, 0.15) is 24.2 Å². The van der Waals surface area contributed by atoms with Gasteiger partial charge >= 0.3 is 5.97 Å². The minimum Gasteiger partial charge on any atom is -0.464 e. The number of ether oxygens (including phenoxy) is 2. The van der Waals surface area contributed by atoms with E-state index in [1.54, 1.807) is 23.1 Å². The number of fused-ring (bicyclic) bond motifs is 8. The maximum absolute atomic E-state index is 14.7. The van der Waals surface area contributed by atoms with Gasteiger partial charge in [-0.2, -0.15) is 0 Å². The van der Waals surface area contributed by atoms with Gasteiger partial charge in [-0.05, 0) is 77.8 Å². The predicted molar refractivity (Wildman–Crippen MR) is 236 cm³/mol. The third-order valence-corrected chi connectivity index (χ3v) is 14.2. The van der Waals surface area contributed by atoms with Crippen molar-refractivity contribution in [2.45, 2.75) is 83.5 Å². The zero-order chi connectivity index (χ0) is 44.5. The molecule has 4 aliphatic heterocycles. The molecule has 1 spiro atoms. The number of carbonyl (C=O) groups excluding carboxylic acids is 5. The van der Waals surface area contributed by atoms with Crippen molar-refractivity contribution in [2.75, 3.05) is 39.9 Å². The number of aryl methyl sites for hydroxylation is 1. The molecule has 5 aliphatic rings. The zero-order valence-electron chi connectivity index (χ0n) is 37.0. The first-order chi connectivity index (χ1) is 30.2. The van der Waals surface area contributed by atoms with Gasteiger partial charge in [-0.1, -0.05) is 64.6 Å². The minimum atomic E-state index is -1.03. The highest BCUT2D eigenvalue weighted by Gasteiger charge is 2.58. The van der Waals surface area contributed by atoms with E-state index >= 15 is 0 Å².